The van der Waals surface area contributed by atoms with Crippen LogP contribution in [-0.4, -0.2) is 71.1 Å². The molecule has 0 unspecified atom stereocenters. The smallest absolute Gasteiger partial charge is 0.497 e. The van der Waals surface area contributed by atoms with Gasteiger partial charge in [-0.15, -0.1) is 23.1 Å². The number of rotatable bonds is 23. The maximum Gasteiger partial charge on any atom is 0.587 e. The number of amides is 2. The number of phosphoric acid groups is 1. The minimum atomic E-state index is -4.20. The van der Waals surface area contributed by atoms with Gasteiger partial charge in [0.2, 0.25) is 0 Å². The number of benzene rings is 6. The van der Waals surface area contributed by atoms with Gasteiger partial charge in [0.1, 0.15) is 52.2 Å². The van der Waals surface area contributed by atoms with E-state index in [-0.39, 0.29) is 54.0 Å². The molecule has 6 aromatic carbocycles. The summed E-state index contributed by atoms with van der Waals surface area (Å²) in [6.45, 7) is -1.64. The fraction of sp³-hybridized carbons (Fsp3) is 0.161. The Hall–Kier alpha value is -8.02. The number of oxime groups is 1. The van der Waals surface area contributed by atoms with Crippen LogP contribution in [0.5, 0.6) is 17.2 Å². The van der Waals surface area contributed by atoms with E-state index in [2.05, 4.69) is 15.8 Å². The number of phosphoric ester groups is 1. The number of anilines is 1. The van der Waals surface area contributed by atoms with Gasteiger partial charge in [-0.3, -0.25) is 19.0 Å². The number of carbonyl (C=O) groups excluding carboxylic acids is 3. The first-order valence-electron chi connectivity index (χ1n) is 23.5. The number of β-lactam (4-membered cyclic amide) rings is 1. The van der Waals surface area contributed by atoms with Crippen molar-refractivity contribution >= 4 is 59.5 Å². The van der Waals surface area contributed by atoms with E-state index in [0.29, 0.717) is 22.0 Å². The summed E-state index contributed by atoms with van der Waals surface area (Å²) in [5.74, 6) is -0.773. The van der Waals surface area contributed by atoms with Crippen LogP contribution >= 0.6 is 30.9 Å². The molecule has 2 amide bonds. The number of carbonyl (C=O) groups is 3. The van der Waals surface area contributed by atoms with E-state index in [4.69, 9.17) is 32.9 Å². The molecule has 1 aromatic heterocycles. The highest BCUT2D eigenvalue weighted by Gasteiger charge is 2.54. The lowest BCUT2D eigenvalue weighted by molar-refractivity contribution is -0.153. The predicted octanol–water partition coefficient (Wildman–Crippen LogP) is 10.8. The zero-order chi connectivity index (χ0) is 52.0. The normalized spacial score (nSPS) is 15.6. The average Bonchev–Trinajstić information content (AvgIpc) is 3.92. The Bertz CT molecular complexity index is 3070. The van der Waals surface area contributed by atoms with Gasteiger partial charge < -0.3 is 34.0 Å². The number of thioether (sulfide) groups is 1. The average molecular weight is 1070 g/mol. The number of halogens is 1. The third-order valence-corrected chi connectivity index (χ3v) is 15.3. The lowest BCUT2D eigenvalue weighted by Crippen LogP contribution is -2.71. The number of esters is 1. The number of aromatic nitrogens is 1. The molecule has 2 aliphatic rings. The first kappa shape index (κ1) is 51.9. The lowest BCUT2D eigenvalue weighted by Gasteiger charge is -2.49. The Morgan fingerprint density at radius 1 is 0.787 bits per heavy atom. The molecular weight excluding hydrogens is 1020 g/mol. The zero-order valence-corrected chi connectivity index (χ0v) is 42.8. The summed E-state index contributed by atoms with van der Waals surface area (Å²) in [5, 5.41) is 11.5. The van der Waals surface area contributed by atoms with E-state index in [1.165, 1.54) is 28.0 Å². The zero-order valence-electron chi connectivity index (χ0n) is 40.2. The van der Waals surface area contributed by atoms with Crippen molar-refractivity contribution < 1.29 is 51.2 Å². The van der Waals surface area contributed by atoms with Crippen molar-refractivity contribution in [1.82, 2.24) is 15.2 Å². The van der Waals surface area contributed by atoms with E-state index in [1.54, 1.807) is 110 Å². The van der Waals surface area contributed by atoms with Gasteiger partial charge in [0.05, 0.1) is 13.7 Å². The largest absolute Gasteiger partial charge is 0.587 e. The highest BCUT2D eigenvalue weighted by Crippen LogP contribution is 2.50. The topological polar surface area (TPSA) is 176 Å². The monoisotopic (exact) mass is 1070 g/mol. The van der Waals surface area contributed by atoms with Crippen molar-refractivity contribution in [1.29, 1.82) is 0 Å². The third-order valence-electron chi connectivity index (χ3n) is 11.9. The lowest BCUT2D eigenvalue weighted by atomic mass is 9.77. The van der Waals surface area contributed by atoms with Crippen LogP contribution in [0.25, 0.3) is 0 Å². The molecule has 1 fully saturated rings. The first-order chi connectivity index (χ1) is 36.7. The van der Waals surface area contributed by atoms with Crippen molar-refractivity contribution in [3.05, 3.63) is 233 Å². The van der Waals surface area contributed by atoms with E-state index in [0.717, 1.165) is 16.7 Å². The van der Waals surface area contributed by atoms with Crippen molar-refractivity contribution in [2.45, 2.75) is 30.0 Å². The van der Waals surface area contributed by atoms with E-state index in [9.17, 15) is 23.3 Å². The van der Waals surface area contributed by atoms with Gasteiger partial charge in [0.25, 0.3) is 18.7 Å². The molecule has 75 heavy (non-hydrogen) atoms. The van der Waals surface area contributed by atoms with Crippen LogP contribution in [0, 0.1) is 0 Å². The number of allylic oxidation sites excluding steroid dienone is 1. The van der Waals surface area contributed by atoms with Crippen molar-refractivity contribution in [2.24, 2.45) is 5.16 Å². The summed E-state index contributed by atoms with van der Waals surface area (Å²) < 4.78 is 55.7. The first-order valence-corrected chi connectivity index (χ1v) is 26.9. The number of thiazole rings is 1. The predicted molar refractivity (Wildman–Crippen MR) is 285 cm³/mol. The number of para-hydroxylation sites is 2. The molecule has 0 saturated carbocycles. The molecular formula is C56H49FN5O10PS2. The Kier molecular flexibility index (Phi) is 16.8. The number of alkyl halides is 1. The number of hydrogen-bond donors (Lipinski definition) is 2. The molecule has 0 spiro atoms. The summed E-state index contributed by atoms with van der Waals surface area (Å²) >= 11 is 2.52. The number of hydrogen-bond acceptors (Lipinski definition) is 15. The molecule has 2 atom stereocenters. The maximum absolute atomic E-state index is 14.3. The fourth-order valence-electron chi connectivity index (χ4n) is 8.37. The van der Waals surface area contributed by atoms with Crippen LogP contribution in [0.3, 0.4) is 0 Å². The summed E-state index contributed by atoms with van der Waals surface area (Å²) in [4.78, 5) is 53.5. The highest BCUT2D eigenvalue weighted by atomic mass is 32.2. The maximum atomic E-state index is 14.3. The molecule has 7 aromatic rings. The van der Waals surface area contributed by atoms with Gasteiger partial charge in [-0.25, -0.2) is 18.7 Å². The van der Waals surface area contributed by atoms with Crippen LogP contribution in [-0.2, 0) is 45.2 Å². The second-order valence-corrected chi connectivity index (χ2v) is 20.1. The van der Waals surface area contributed by atoms with Crippen LogP contribution < -0.4 is 24.4 Å². The Morgan fingerprint density at radius 2 is 1.35 bits per heavy atom. The van der Waals surface area contributed by atoms with E-state index in [1.807, 2.05) is 91.0 Å². The number of nitrogens with one attached hydrogen (secondary N) is 2. The number of fused-ring (bicyclic) bond motifs is 1. The molecule has 382 valence electrons. The Balaban J connectivity index is 0.935. The van der Waals surface area contributed by atoms with E-state index < -0.39 is 49.4 Å². The Labute approximate surface area is 440 Å². The molecule has 3 heterocycles. The van der Waals surface area contributed by atoms with Gasteiger partial charge in [0, 0.05) is 11.1 Å². The molecule has 2 aliphatic heterocycles. The molecule has 1 saturated heterocycles. The van der Waals surface area contributed by atoms with Crippen LogP contribution in [0.4, 0.5) is 9.52 Å². The SMILES string of the molecule is COc1ccc(COC(=O)C2=C(C/C=C/COP(=O)(Oc3ccccc3)Oc3ccccc3)CS[C@@H]3[C@H](NC(=O)/C(=N\OCF)c4csc(NC(c5ccccc5)(c5ccccc5)c5ccccc5)n4)C(=O)N23)cc1. The van der Waals surface area contributed by atoms with Gasteiger partial charge in [-0.1, -0.05) is 157 Å². The second kappa shape index (κ2) is 24.3. The minimum absolute atomic E-state index is 0.0161. The molecule has 0 radical (unpaired) electrons. The quantitative estimate of drug-likeness (QED) is 0.0118. The molecule has 19 heteroatoms. The highest BCUT2D eigenvalue weighted by molar-refractivity contribution is 8.00. The molecule has 0 aliphatic carbocycles. The number of methoxy groups -OCH3 is 1. The molecule has 15 nitrogen and oxygen atoms in total. The van der Waals surface area contributed by atoms with Gasteiger partial charge in [-0.2, -0.15) is 0 Å². The summed E-state index contributed by atoms with van der Waals surface area (Å²) in [5.41, 5.74) is 2.74. The summed E-state index contributed by atoms with van der Waals surface area (Å²) in [7, 11) is -2.65. The van der Waals surface area contributed by atoms with Crippen molar-refractivity contribution in [3.8, 4) is 17.2 Å². The van der Waals surface area contributed by atoms with Crippen LogP contribution in [0.1, 0.15) is 34.4 Å². The summed E-state index contributed by atoms with van der Waals surface area (Å²) in [6.07, 6.45) is 3.48. The number of ether oxygens (including phenoxy) is 2. The Morgan fingerprint density at radius 3 is 1.89 bits per heavy atom. The second-order valence-electron chi connectivity index (χ2n) is 16.7. The van der Waals surface area contributed by atoms with Crippen molar-refractivity contribution in [3.63, 3.8) is 0 Å². The molecule has 9 rings (SSSR count). The fourth-order valence-corrected chi connectivity index (χ4v) is 11.7. The summed E-state index contributed by atoms with van der Waals surface area (Å²) in [6, 6.07) is 52.5. The molecule has 2 N–H and O–H groups in total. The van der Waals surface area contributed by atoms with Gasteiger partial charge >= 0.3 is 13.8 Å². The van der Waals surface area contributed by atoms with Crippen LogP contribution in [0.2, 0.25) is 0 Å². The van der Waals surface area contributed by atoms with Gasteiger partial charge in [-0.05, 0) is 70.6 Å². The van der Waals surface area contributed by atoms with E-state index >= 15 is 0 Å². The number of nitrogens with zero attached hydrogens (tertiary/aromatic N) is 3. The van der Waals surface area contributed by atoms with Crippen molar-refractivity contribution in [2.75, 3.05) is 31.6 Å². The standard InChI is InChI=1S/C56H49FN5O10PS2/c1-67-44-32-30-39(31-33-44)35-68-54(65)50-40(19-17-18-34-70-73(66,71-45-26-13-5-14-27-45)72-46-28-15-6-16-29-46)36-74-53-49(52(64)62(50)53)59-51(63)48(61-69-38-57)47-37-75-55(58-47)60-56(41-20-7-2-8-21-41,42-22-9-3-10-23-42)43-24-11-4-12-25-43/h2-18,20-33,37,49,53H,19,34-36,38H2,1H3,(H,58,60)(H,59,63)/b18-17+,61-48-/t49-,53-/m1/s1. The minimum Gasteiger partial charge on any atom is -0.497 e. The molecule has 0 bridgehead atoms. The third kappa shape index (κ3) is 12.2. The van der Waals surface area contributed by atoms with Crippen LogP contribution in [0.15, 0.2) is 210 Å². The van der Waals surface area contributed by atoms with Gasteiger partial charge in [0.15, 0.2) is 10.8 Å².